The van der Waals surface area contributed by atoms with E-state index in [9.17, 15) is 8.96 Å². The average Bonchev–Trinajstić information content (AvgIpc) is 2.07. The molecule has 0 heterocycles. The van der Waals surface area contributed by atoms with Crippen LogP contribution in [0.2, 0.25) is 0 Å². The van der Waals surface area contributed by atoms with Crippen molar-refractivity contribution < 1.29 is 18.7 Å². The van der Waals surface area contributed by atoms with Crippen LogP contribution < -0.4 is 0 Å². The van der Waals surface area contributed by atoms with Crippen LogP contribution in [0.5, 0.6) is 0 Å². The second-order valence-corrected chi connectivity index (χ2v) is 4.87. The Kier molecular flexibility index (Phi) is 3.43. The zero-order valence-corrected chi connectivity index (χ0v) is 8.62. The first kappa shape index (κ1) is 11.4. The van der Waals surface area contributed by atoms with Crippen molar-refractivity contribution in [3.63, 3.8) is 0 Å². The van der Waals surface area contributed by atoms with Gasteiger partial charge in [0.1, 0.15) is 5.82 Å². The SMILES string of the molecule is CCC(c1ccc(F)cc1)P(=O)(O)O. The van der Waals surface area contributed by atoms with Crippen molar-refractivity contribution in [2.24, 2.45) is 0 Å². The second kappa shape index (κ2) is 4.22. The first-order chi connectivity index (χ1) is 6.45. The van der Waals surface area contributed by atoms with E-state index in [1.54, 1.807) is 6.92 Å². The Morgan fingerprint density at radius 2 is 1.86 bits per heavy atom. The summed E-state index contributed by atoms with van der Waals surface area (Å²) in [6, 6.07) is 5.21. The molecule has 0 bridgehead atoms. The summed E-state index contributed by atoms with van der Waals surface area (Å²) < 4.78 is 23.6. The van der Waals surface area contributed by atoms with Gasteiger partial charge in [-0.15, -0.1) is 0 Å². The van der Waals surface area contributed by atoms with E-state index in [-0.39, 0.29) is 0 Å². The summed E-state index contributed by atoms with van der Waals surface area (Å²) in [4.78, 5) is 18.0. The highest BCUT2D eigenvalue weighted by molar-refractivity contribution is 7.52. The molecular formula is C9H12FO3P. The average molecular weight is 218 g/mol. The lowest BCUT2D eigenvalue weighted by Crippen LogP contribution is -1.98. The quantitative estimate of drug-likeness (QED) is 0.766. The van der Waals surface area contributed by atoms with E-state index < -0.39 is 19.1 Å². The van der Waals surface area contributed by atoms with Crippen LogP contribution in [-0.4, -0.2) is 9.79 Å². The second-order valence-electron chi connectivity index (χ2n) is 3.06. The van der Waals surface area contributed by atoms with Crippen molar-refractivity contribution in [1.82, 2.24) is 0 Å². The molecule has 0 aromatic heterocycles. The molecular weight excluding hydrogens is 206 g/mol. The van der Waals surface area contributed by atoms with Gasteiger partial charge in [-0.05, 0) is 24.1 Å². The molecule has 1 aromatic carbocycles. The highest BCUT2D eigenvalue weighted by atomic mass is 31.2. The van der Waals surface area contributed by atoms with E-state index >= 15 is 0 Å². The lowest BCUT2D eigenvalue weighted by molar-refractivity contribution is 0.357. The van der Waals surface area contributed by atoms with E-state index in [1.807, 2.05) is 0 Å². The van der Waals surface area contributed by atoms with E-state index in [4.69, 9.17) is 9.79 Å². The molecule has 14 heavy (non-hydrogen) atoms. The first-order valence-corrected chi connectivity index (χ1v) is 5.94. The lowest BCUT2D eigenvalue weighted by Gasteiger charge is -2.16. The predicted molar refractivity (Wildman–Crippen MR) is 51.5 cm³/mol. The van der Waals surface area contributed by atoms with Gasteiger partial charge in [0, 0.05) is 0 Å². The minimum Gasteiger partial charge on any atom is -0.324 e. The molecule has 5 heteroatoms. The summed E-state index contributed by atoms with van der Waals surface area (Å²) in [5.41, 5.74) is -0.356. The highest BCUT2D eigenvalue weighted by Crippen LogP contribution is 2.53. The molecule has 0 aliphatic carbocycles. The van der Waals surface area contributed by atoms with E-state index in [1.165, 1.54) is 24.3 Å². The Balaban J connectivity index is 3.02. The highest BCUT2D eigenvalue weighted by Gasteiger charge is 2.28. The molecule has 0 saturated heterocycles. The van der Waals surface area contributed by atoms with Crippen LogP contribution in [0, 0.1) is 5.82 Å². The normalized spacial score (nSPS) is 14.0. The topological polar surface area (TPSA) is 57.5 Å². The summed E-state index contributed by atoms with van der Waals surface area (Å²) in [6.45, 7) is 1.69. The van der Waals surface area contributed by atoms with Crippen LogP contribution in [0.25, 0.3) is 0 Å². The fourth-order valence-corrected chi connectivity index (χ4v) is 2.39. The zero-order valence-electron chi connectivity index (χ0n) is 7.72. The van der Waals surface area contributed by atoms with Crippen LogP contribution in [0.3, 0.4) is 0 Å². The fraction of sp³-hybridized carbons (Fsp3) is 0.333. The van der Waals surface area contributed by atoms with Crippen molar-refractivity contribution in [2.45, 2.75) is 19.0 Å². The fourth-order valence-electron chi connectivity index (χ4n) is 1.35. The van der Waals surface area contributed by atoms with Gasteiger partial charge in [0.15, 0.2) is 0 Å². The molecule has 0 aliphatic rings. The molecule has 0 fully saturated rings. The largest absolute Gasteiger partial charge is 0.332 e. The smallest absolute Gasteiger partial charge is 0.324 e. The van der Waals surface area contributed by atoms with E-state index in [0.717, 1.165) is 0 Å². The first-order valence-electron chi connectivity index (χ1n) is 4.26. The molecule has 1 rings (SSSR count). The Morgan fingerprint density at radius 3 is 2.21 bits per heavy atom. The molecule has 3 nitrogen and oxygen atoms in total. The Bertz CT molecular complexity index is 344. The molecule has 1 aromatic rings. The van der Waals surface area contributed by atoms with Crippen molar-refractivity contribution in [2.75, 3.05) is 0 Å². The number of halogens is 1. The van der Waals surface area contributed by atoms with Crippen LogP contribution in [0.4, 0.5) is 4.39 Å². The van der Waals surface area contributed by atoms with Gasteiger partial charge in [-0.3, -0.25) is 4.57 Å². The number of hydrogen-bond acceptors (Lipinski definition) is 1. The minimum absolute atomic E-state index is 0.329. The predicted octanol–water partition coefficient (Wildman–Crippen LogP) is 2.45. The molecule has 0 radical (unpaired) electrons. The third-order valence-corrected chi connectivity index (χ3v) is 3.52. The number of rotatable bonds is 3. The summed E-state index contributed by atoms with van der Waals surface area (Å²) in [5.74, 6) is -0.408. The molecule has 0 amide bonds. The van der Waals surface area contributed by atoms with Crippen molar-refractivity contribution >= 4 is 7.60 Å². The number of benzene rings is 1. The molecule has 1 unspecified atom stereocenters. The molecule has 78 valence electrons. The van der Waals surface area contributed by atoms with Crippen molar-refractivity contribution in [1.29, 1.82) is 0 Å². The van der Waals surface area contributed by atoms with Crippen LogP contribution in [-0.2, 0) is 4.57 Å². The van der Waals surface area contributed by atoms with Gasteiger partial charge in [-0.2, -0.15) is 0 Å². The monoisotopic (exact) mass is 218 g/mol. The molecule has 1 atom stereocenters. The van der Waals surface area contributed by atoms with Gasteiger partial charge in [0.05, 0.1) is 5.66 Å². The minimum atomic E-state index is -4.14. The lowest BCUT2D eigenvalue weighted by atomic mass is 10.1. The third kappa shape index (κ3) is 2.64. The molecule has 0 aliphatic heterocycles. The molecule has 0 spiro atoms. The van der Waals surface area contributed by atoms with Crippen LogP contribution >= 0.6 is 7.60 Å². The Morgan fingerprint density at radius 1 is 1.36 bits per heavy atom. The van der Waals surface area contributed by atoms with E-state index in [2.05, 4.69) is 0 Å². The van der Waals surface area contributed by atoms with Gasteiger partial charge in [-0.25, -0.2) is 4.39 Å². The standard InChI is InChI=1S/C9H12FO3P/c1-2-9(14(11,12)13)7-3-5-8(10)6-4-7/h3-6,9H,2H2,1H3,(H2,11,12,13). The maximum Gasteiger partial charge on any atom is 0.332 e. The van der Waals surface area contributed by atoms with Crippen molar-refractivity contribution in [3.8, 4) is 0 Å². The summed E-state index contributed by atoms with van der Waals surface area (Å²) in [6.07, 6.45) is 0.329. The Labute approximate surface area is 81.7 Å². The van der Waals surface area contributed by atoms with Crippen LogP contribution in [0.1, 0.15) is 24.6 Å². The van der Waals surface area contributed by atoms with Gasteiger partial charge < -0.3 is 9.79 Å². The van der Waals surface area contributed by atoms with Crippen molar-refractivity contribution in [3.05, 3.63) is 35.6 Å². The van der Waals surface area contributed by atoms with E-state index in [0.29, 0.717) is 12.0 Å². The summed E-state index contributed by atoms with van der Waals surface area (Å²) in [7, 11) is -4.14. The van der Waals surface area contributed by atoms with Gasteiger partial charge in [0.2, 0.25) is 0 Å². The maximum atomic E-state index is 12.6. The molecule has 0 saturated carbocycles. The third-order valence-electron chi connectivity index (χ3n) is 2.05. The van der Waals surface area contributed by atoms with Gasteiger partial charge in [-0.1, -0.05) is 19.1 Å². The summed E-state index contributed by atoms with van der Waals surface area (Å²) >= 11 is 0. The Hall–Kier alpha value is -0.700. The molecule has 2 N–H and O–H groups in total. The number of hydrogen-bond donors (Lipinski definition) is 2. The van der Waals surface area contributed by atoms with Gasteiger partial charge in [0.25, 0.3) is 0 Å². The zero-order chi connectivity index (χ0) is 10.8. The maximum absolute atomic E-state index is 12.6. The van der Waals surface area contributed by atoms with Gasteiger partial charge >= 0.3 is 7.60 Å². The van der Waals surface area contributed by atoms with Crippen LogP contribution in [0.15, 0.2) is 24.3 Å². The summed E-state index contributed by atoms with van der Waals surface area (Å²) in [5, 5.41) is 0.